The minimum absolute atomic E-state index is 0.0333. The molecule has 0 aromatic heterocycles. The predicted molar refractivity (Wildman–Crippen MR) is 204 cm³/mol. The molecule has 3 N–H and O–H groups in total. The van der Waals surface area contributed by atoms with Crippen LogP contribution in [0.2, 0.25) is 5.02 Å². The Hall–Kier alpha value is -5.64. The van der Waals surface area contributed by atoms with Gasteiger partial charge in [0, 0.05) is 26.9 Å². The van der Waals surface area contributed by atoms with Crippen molar-refractivity contribution in [3.63, 3.8) is 0 Å². The molecule has 0 aliphatic rings. The summed E-state index contributed by atoms with van der Waals surface area (Å²) in [6.07, 6.45) is 3.29. The smallest absolute Gasteiger partial charge is 0.338 e. The van der Waals surface area contributed by atoms with Gasteiger partial charge in [0.2, 0.25) is 5.91 Å². The molecule has 0 heterocycles. The number of amides is 3. The number of nitrogens with one attached hydrogen (secondary N) is 3. The molecular weight excluding hydrogens is 682 g/mol. The lowest BCUT2D eigenvalue weighted by Crippen LogP contribution is -2.30. The Bertz CT molecular complexity index is 1990. The summed E-state index contributed by atoms with van der Waals surface area (Å²) in [5, 5.41) is 8.47. The van der Waals surface area contributed by atoms with Gasteiger partial charge in [0.1, 0.15) is 10.9 Å². The molecule has 51 heavy (non-hydrogen) atoms. The van der Waals surface area contributed by atoms with Crippen molar-refractivity contribution in [2.75, 3.05) is 17.2 Å². The fourth-order valence-electron chi connectivity index (χ4n) is 4.84. The lowest BCUT2D eigenvalue weighted by atomic mass is 10.1. The number of anilines is 2. The van der Waals surface area contributed by atoms with Gasteiger partial charge in [-0.25, -0.2) is 4.79 Å². The summed E-state index contributed by atoms with van der Waals surface area (Å²) in [5.74, 6) is -1.65. The van der Waals surface area contributed by atoms with Crippen molar-refractivity contribution in [3.05, 3.63) is 166 Å². The van der Waals surface area contributed by atoms with Crippen molar-refractivity contribution >= 4 is 64.5 Å². The number of hydrogen-bond donors (Lipinski definition) is 3. The van der Waals surface area contributed by atoms with E-state index in [-0.39, 0.29) is 11.6 Å². The molecule has 5 aromatic carbocycles. The Kier molecular flexibility index (Phi) is 13.2. The van der Waals surface area contributed by atoms with Crippen LogP contribution in [-0.2, 0) is 14.3 Å². The number of ether oxygens (including phenoxy) is 1. The highest BCUT2D eigenvalue weighted by molar-refractivity contribution is 8.00. The van der Waals surface area contributed by atoms with Crippen molar-refractivity contribution in [1.29, 1.82) is 0 Å². The molecule has 0 saturated heterocycles. The number of carbonyl (C=O) groups excluding carboxylic acids is 4. The molecule has 0 fully saturated rings. The van der Waals surface area contributed by atoms with E-state index < -0.39 is 23.0 Å². The van der Waals surface area contributed by atoms with Crippen LogP contribution < -0.4 is 16.0 Å². The zero-order valence-electron chi connectivity index (χ0n) is 27.8. The number of esters is 1. The zero-order valence-corrected chi connectivity index (χ0v) is 29.4. The van der Waals surface area contributed by atoms with E-state index in [0.29, 0.717) is 39.7 Å². The first-order valence-electron chi connectivity index (χ1n) is 16.3. The predicted octanol–water partition coefficient (Wildman–Crippen LogP) is 9.18. The van der Waals surface area contributed by atoms with Crippen molar-refractivity contribution in [2.45, 2.75) is 29.9 Å². The molecule has 8 nitrogen and oxygen atoms in total. The topological polar surface area (TPSA) is 114 Å². The van der Waals surface area contributed by atoms with Gasteiger partial charge in [0.25, 0.3) is 11.8 Å². The van der Waals surface area contributed by atoms with Gasteiger partial charge in [-0.1, -0.05) is 91.7 Å². The van der Waals surface area contributed by atoms with Gasteiger partial charge >= 0.3 is 5.97 Å². The standard InChI is InChI=1S/C41H36ClN3O5S/c1-2-3-25-50-41(49)31-19-23-33(24-20-31)43-40(48)37(29-11-6-4-7-12-29)51-35-16-10-15-34(27-35)44-39(47)36(26-28-17-21-32(42)22-18-28)45-38(46)30-13-8-5-9-14-30/h4-24,26-27,37H,2-3,25H2,1H3,(H,43,48)(H,44,47)(H,45,46)/b36-26-. The molecule has 0 spiro atoms. The van der Waals surface area contributed by atoms with Gasteiger partial charge in [-0.3, -0.25) is 14.4 Å². The van der Waals surface area contributed by atoms with Gasteiger partial charge < -0.3 is 20.7 Å². The lowest BCUT2D eigenvalue weighted by Gasteiger charge is -2.18. The summed E-state index contributed by atoms with van der Waals surface area (Å²) in [7, 11) is 0. The Morgan fingerprint density at radius 3 is 2.12 bits per heavy atom. The maximum atomic E-state index is 13.7. The van der Waals surface area contributed by atoms with Gasteiger partial charge in [0.15, 0.2) is 0 Å². The average molecular weight is 718 g/mol. The third-order valence-corrected chi connectivity index (χ3v) is 9.02. The highest BCUT2D eigenvalue weighted by Crippen LogP contribution is 2.37. The van der Waals surface area contributed by atoms with E-state index >= 15 is 0 Å². The molecule has 0 aliphatic carbocycles. The minimum Gasteiger partial charge on any atom is -0.462 e. The van der Waals surface area contributed by atoms with Crippen LogP contribution in [0.1, 0.15) is 56.9 Å². The highest BCUT2D eigenvalue weighted by Gasteiger charge is 2.23. The molecule has 0 saturated carbocycles. The maximum absolute atomic E-state index is 13.7. The van der Waals surface area contributed by atoms with Crippen LogP contribution in [0.4, 0.5) is 11.4 Å². The van der Waals surface area contributed by atoms with Crippen molar-refractivity contribution in [3.8, 4) is 0 Å². The van der Waals surface area contributed by atoms with Crippen LogP contribution in [0.25, 0.3) is 6.08 Å². The molecule has 10 heteroatoms. The number of rotatable bonds is 14. The molecule has 5 rings (SSSR count). The summed E-state index contributed by atoms with van der Waals surface area (Å²) in [6, 6.07) is 38.6. The van der Waals surface area contributed by atoms with Crippen LogP contribution in [0.3, 0.4) is 0 Å². The Balaban J connectivity index is 1.32. The Labute approximate surface area is 306 Å². The second kappa shape index (κ2) is 18.4. The third-order valence-electron chi connectivity index (χ3n) is 7.52. The van der Waals surface area contributed by atoms with Crippen LogP contribution >= 0.6 is 23.4 Å². The monoisotopic (exact) mass is 717 g/mol. The van der Waals surface area contributed by atoms with Crippen molar-refractivity contribution in [1.82, 2.24) is 5.32 Å². The van der Waals surface area contributed by atoms with Crippen LogP contribution in [0.15, 0.2) is 144 Å². The Morgan fingerprint density at radius 2 is 1.43 bits per heavy atom. The van der Waals surface area contributed by atoms with Gasteiger partial charge in [-0.15, -0.1) is 11.8 Å². The molecular formula is C41H36ClN3O5S. The summed E-state index contributed by atoms with van der Waals surface area (Å²) in [6.45, 7) is 2.39. The van der Waals surface area contributed by atoms with E-state index in [9.17, 15) is 19.2 Å². The largest absolute Gasteiger partial charge is 0.462 e. The number of benzene rings is 5. The molecule has 1 atom stereocenters. The number of hydrogen-bond acceptors (Lipinski definition) is 6. The fraction of sp³-hybridized carbons (Fsp3) is 0.122. The normalized spacial score (nSPS) is 11.6. The van der Waals surface area contributed by atoms with Gasteiger partial charge in [-0.2, -0.15) is 0 Å². The van der Waals surface area contributed by atoms with Crippen molar-refractivity contribution in [2.24, 2.45) is 0 Å². The first-order valence-corrected chi connectivity index (χ1v) is 17.6. The summed E-state index contributed by atoms with van der Waals surface area (Å²) >= 11 is 7.37. The van der Waals surface area contributed by atoms with Gasteiger partial charge in [-0.05, 0) is 90.4 Å². The first kappa shape index (κ1) is 36.6. The highest BCUT2D eigenvalue weighted by atomic mass is 35.5. The summed E-state index contributed by atoms with van der Waals surface area (Å²) in [4.78, 5) is 53.4. The van der Waals surface area contributed by atoms with E-state index in [1.54, 1.807) is 103 Å². The second-order valence-electron chi connectivity index (χ2n) is 11.4. The fourth-order valence-corrected chi connectivity index (χ4v) is 6.05. The zero-order chi connectivity index (χ0) is 36.0. The number of unbranched alkanes of at least 4 members (excludes halogenated alkanes) is 1. The van der Waals surface area contributed by atoms with Gasteiger partial charge in [0.05, 0.1) is 12.2 Å². The van der Waals surface area contributed by atoms with Crippen LogP contribution in [0, 0.1) is 0 Å². The SMILES string of the molecule is CCCCOC(=O)c1ccc(NC(=O)C(Sc2cccc(NC(=O)/C(=C/c3ccc(Cl)cc3)NC(=O)c3ccccc3)c2)c2ccccc2)cc1. The number of carbonyl (C=O) groups is 4. The van der Waals surface area contributed by atoms with E-state index in [2.05, 4.69) is 16.0 Å². The first-order chi connectivity index (χ1) is 24.8. The van der Waals surface area contributed by atoms with E-state index in [4.69, 9.17) is 16.3 Å². The lowest BCUT2D eigenvalue weighted by molar-refractivity contribution is -0.116. The quantitative estimate of drug-likeness (QED) is 0.0457. The molecule has 1 unspecified atom stereocenters. The summed E-state index contributed by atoms with van der Waals surface area (Å²) < 4.78 is 5.28. The molecule has 0 bridgehead atoms. The molecule has 258 valence electrons. The maximum Gasteiger partial charge on any atom is 0.338 e. The molecule has 0 aliphatic heterocycles. The average Bonchev–Trinajstić information content (AvgIpc) is 3.15. The van der Waals surface area contributed by atoms with E-state index in [0.717, 1.165) is 23.3 Å². The molecule has 0 radical (unpaired) electrons. The Morgan fingerprint density at radius 1 is 0.745 bits per heavy atom. The van der Waals surface area contributed by atoms with Crippen molar-refractivity contribution < 1.29 is 23.9 Å². The van der Waals surface area contributed by atoms with E-state index in [1.807, 2.05) is 43.3 Å². The third kappa shape index (κ3) is 10.9. The van der Waals surface area contributed by atoms with Crippen LogP contribution in [0.5, 0.6) is 0 Å². The number of thioether (sulfide) groups is 1. The van der Waals surface area contributed by atoms with Crippen LogP contribution in [-0.4, -0.2) is 30.3 Å². The molecule has 3 amide bonds. The molecule has 5 aromatic rings. The van der Waals surface area contributed by atoms with E-state index in [1.165, 1.54) is 11.8 Å². The second-order valence-corrected chi connectivity index (χ2v) is 13.0. The summed E-state index contributed by atoms with van der Waals surface area (Å²) in [5.41, 5.74) is 3.29. The minimum atomic E-state index is -0.652. The number of halogens is 1.